The average Bonchev–Trinajstić information content (AvgIpc) is 2.30. The van der Waals surface area contributed by atoms with Crippen molar-refractivity contribution >= 4 is 18.2 Å². The monoisotopic (exact) mass is 257 g/mol. The van der Waals surface area contributed by atoms with Crippen LogP contribution in [0.1, 0.15) is 18.4 Å². The lowest BCUT2D eigenvalue weighted by Crippen LogP contribution is -2.26. The van der Waals surface area contributed by atoms with Crippen LogP contribution in [0.25, 0.3) is 0 Å². The highest BCUT2D eigenvalue weighted by Gasteiger charge is 2.15. The molecule has 0 unspecified atom stereocenters. The van der Waals surface area contributed by atoms with Crippen LogP contribution in [0, 0.1) is 5.41 Å². The van der Waals surface area contributed by atoms with Gasteiger partial charge in [0.15, 0.2) is 0 Å². The number of rotatable bonds is 3. The molecule has 1 aliphatic rings. The van der Waals surface area contributed by atoms with Crippen molar-refractivity contribution in [3.8, 4) is 5.88 Å². The first-order chi connectivity index (χ1) is 7.75. The van der Waals surface area contributed by atoms with Crippen LogP contribution in [0.3, 0.4) is 0 Å². The molecule has 0 aliphatic carbocycles. The molecular formula is C11H16ClN3O2. The summed E-state index contributed by atoms with van der Waals surface area (Å²) >= 11 is 0. The number of amidine groups is 1. The average molecular weight is 258 g/mol. The van der Waals surface area contributed by atoms with E-state index in [9.17, 15) is 0 Å². The molecule has 0 radical (unpaired) electrons. The van der Waals surface area contributed by atoms with E-state index in [-0.39, 0.29) is 24.3 Å². The molecule has 1 aromatic heterocycles. The normalized spacial score (nSPS) is 16.0. The van der Waals surface area contributed by atoms with Gasteiger partial charge in [0.05, 0.1) is 13.2 Å². The fourth-order valence-electron chi connectivity index (χ4n) is 1.61. The highest BCUT2D eigenvalue weighted by atomic mass is 35.5. The standard InChI is InChI=1S/C11H15N3O2.ClH/c12-11(13)8-1-4-14-10(7-8)16-9-2-5-15-6-3-9;/h1,4,7,9H,2-3,5-6H2,(H3,12,13);1H. The van der Waals surface area contributed by atoms with Gasteiger partial charge in [-0.2, -0.15) is 0 Å². The smallest absolute Gasteiger partial charge is 0.214 e. The van der Waals surface area contributed by atoms with Gasteiger partial charge in [0.2, 0.25) is 5.88 Å². The Morgan fingerprint density at radius 3 is 2.82 bits per heavy atom. The molecule has 3 N–H and O–H groups in total. The molecule has 0 aromatic carbocycles. The van der Waals surface area contributed by atoms with Crippen molar-refractivity contribution in [2.24, 2.45) is 5.73 Å². The molecule has 0 amide bonds. The van der Waals surface area contributed by atoms with Gasteiger partial charge in [0, 0.05) is 30.7 Å². The van der Waals surface area contributed by atoms with Gasteiger partial charge in [-0.3, -0.25) is 5.41 Å². The number of hydrogen-bond donors (Lipinski definition) is 2. The number of nitrogens with zero attached hydrogens (tertiary/aromatic N) is 1. The maximum Gasteiger partial charge on any atom is 0.214 e. The molecule has 1 saturated heterocycles. The molecule has 1 fully saturated rings. The summed E-state index contributed by atoms with van der Waals surface area (Å²) in [4.78, 5) is 4.10. The van der Waals surface area contributed by atoms with Crippen LogP contribution in [0.2, 0.25) is 0 Å². The van der Waals surface area contributed by atoms with Crippen molar-refractivity contribution < 1.29 is 9.47 Å². The third-order valence-electron chi connectivity index (χ3n) is 2.50. The zero-order valence-electron chi connectivity index (χ0n) is 9.39. The van der Waals surface area contributed by atoms with Crippen LogP contribution >= 0.6 is 12.4 Å². The van der Waals surface area contributed by atoms with Gasteiger partial charge >= 0.3 is 0 Å². The summed E-state index contributed by atoms with van der Waals surface area (Å²) in [6.07, 6.45) is 3.52. The van der Waals surface area contributed by atoms with Crippen LogP contribution in [0.5, 0.6) is 5.88 Å². The van der Waals surface area contributed by atoms with Gasteiger partial charge in [0.25, 0.3) is 0 Å². The lowest BCUT2D eigenvalue weighted by molar-refractivity contribution is 0.0237. The highest BCUT2D eigenvalue weighted by molar-refractivity contribution is 5.95. The minimum absolute atomic E-state index is 0. The molecule has 94 valence electrons. The van der Waals surface area contributed by atoms with Crippen LogP contribution in [-0.2, 0) is 4.74 Å². The van der Waals surface area contributed by atoms with Crippen LogP contribution in [-0.4, -0.2) is 30.1 Å². The second kappa shape index (κ2) is 6.42. The van der Waals surface area contributed by atoms with Crippen LogP contribution in [0.15, 0.2) is 18.3 Å². The van der Waals surface area contributed by atoms with Crippen molar-refractivity contribution in [1.82, 2.24) is 4.98 Å². The number of nitrogens with two attached hydrogens (primary N) is 1. The number of halogens is 1. The Bertz CT molecular complexity index is 381. The molecule has 0 bridgehead atoms. The van der Waals surface area contributed by atoms with E-state index in [4.69, 9.17) is 20.6 Å². The van der Waals surface area contributed by atoms with Gasteiger partial charge in [-0.05, 0) is 6.07 Å². The van der Waals surface area contributed by atoms with E-state index in [2.05, 4.69) is 4.98 Å². The maximum atomic E-state index is 7.33. The van der Waals surface area contributed by atoms with E-state index < -0.39 is 0 Å². The number of hydrogen-bond acceptors (Lipinski definition) is 4. The fraction of sp³-hybridized carbons (Fsp3) is 0.455. The van der Waals surface area contributed by atoms with Crippen molar-refractivity contribution in [2.45, 2.75) is 18.9 Å². The number of aromatic nitrogens is 1. The number of nitrogens with one attached hydrogen (secondary N) is 1. The first-order valence-electron chi connectivity index (χ1n) is 5.30. The van der Waals surface area contributed by atoms with Crippen molar-refractivity contribution in [1.29, 1.82) is 5.41 Å². The summed E-state index contributed by atoms with van der Waals surface area (Å²) in [5, 5.41) is 7.33. The zero-order valence-corrected chi connectivity index (χ0v) is 10.2. The Kier molecular flexibility index (Phi) is 5.18. The van der Waals surface area contributed by atoms with E-state index in [0.717, 1.165) is 26.1 Å². The zero-order chi connectivity index (χ0) is 11.4. The highest BCUT2D eigenvalue weighted by Crippen LogP contribution is 2.16. The summed E-state index contributed by atoms with van der Waals surface area (Å²) in [6, 6.07) is 3.39. The van der Waals surface area contributed by atoms with E-state index in [1.165, 1.54) is 0 Å². The van der Waals surface area contributed by atoms with Gasteiger partial charge < -0.3 is 15.2 Å². The van der Waals surface area contributed by atoms with E-state index in [1.807, 2.05) is 0 Å². The molecule has 1 aromatic rings. The third-order valence-corrected chi connectivity index (χ3v) is 2.50. The van der Waals surface area contributed by atoms with Crippen molar-refractivity contribution in [2.75, 3.05) is 13.2 Å². The Morgan fingerprint density at radius 1 is 1.47 bits per heavy atom. The summed E-state index contributed by atoms with van der Waals surface area (Å²) in [7, 11) is 0. The predicted octanol–water partition coefficient (Wildman–Crippen LogP) is 1.35. The lowest BCUT2D eigenvalue weighted by atomic mass is 10.1. The summed E-state index contributed by atoms with van der Waals surface area (Å²) in [5.74, 6) is 0.554. The quantitative estimate of drug-likeness (QED) is 0.633. The molecule has 5 nitrogen and oxygen atoms in total. The van der Waals surface area contributed by atoms with Crippen molar-refractivity contribution in [3.63, 3.8) is 0 Å². The predicted molar refractivity (Wildman–Crippen MR) is 67.0 cm³/mol. The Balaban J connectivity index is 0.00000144. The summed E-state index contributed by atoms with van der Waals surface area (Å²) in [6.45, 7) is 1.47. The first kappa shape index (κ1) is 13.7. The molecule has 2 rings (SSSR count). The molecule has 0 spiro atoms. The third kappa shape index (κ3) is 3.87. The largest absolute Gasteiger partial charge is 0.474 e. The number of pyridine rings is 1. The Labute approximate surface area is 106 Å². The summed E-state index contributed by atoms with van der Waals surface area (Å²) < 4.78 is 10.9. The van der Waals surface area contributed by atoms with Gasteiger partial charge in [-0.15, -0.1) is 12.4 Å². The Hall–Kier alpha value is -1.33. The minimum Gasteiger partial charge on any atom is -0.474 e. The van der Waals surface area contributed by atoms with E-state index >= 15 is 0 Å². The number of nitrogen functional groups attached to an aromatic ring is 1. The van der Waals surface area contributed by atoms with Gasteiger partial charge in [0.1, 0.15) is 11.9 Å². The van der Waals surface area contributed by atoms with Gasteiger partial charge in [-0.1, -0.05) is 0 Å². The van der Waals surface area contributed by atoms with Crippen LogP contribution in [0.4, 0.5) is 0 Å². The first-order valence-corrected chi connectivity index (χ1v) is 5.30. The number of ether oxygens (including phenoxy) is 2. The molecule has 0 atom stereocenters. The van der Waals surface area contributed by atoms with Crippen LogP contribution < -0.4 is 10.5 Å². The lowest BCUT2D eigenvalue weighted by Gasteiger charge is -2.22. The molecule has 17 heavy (non-hydrogen) atoms. The molecule has 6 heteroatoms. The fourth-order valence-corrected chi connectivity index (χ4v) is 1.61. The topological polar surface area (TPSA) is 81.2 Å². The SMILES string of the molecule is Cl.N=C(N)c1ccnc(OC2CCOCC2)c1. The van der Waals surface area contributed by atoms with E-state index in [0.29, 0.717) is 11.4 Å². The second-order valence-corrected chi connectivity index (χ2v) is 3.73. The molecule has 2 heterocycles. The van der Waals surface area contributed by atoms with Crippen molar-refractivity contribution in [3.05, 3.63) is 23.9 Å². The molecule has 0 saturated carbocycles. The maximum absolute atomic E-state index is 7.33. The van der Waals surface area contributed by atoms with E-state index in [1.54, 1.807) is 18.3 Å². The Morgan fingerprint density at radius 2 is 2.18 bits per heavy atom. The molecule has 1 aliphatic heterocycles. The minimum atomic E-state index is 0. The molecular weight excluding hydrogens is 242 g/mol. The summed E-state index contributed by atoms with van der Waals surface area (Å²) in [5.41, 5.74) is 6.03. The van der Waals surface area contributed by atoms with Gasteiger partial charge in [-0.25, -0.2) is 4.98 Å². The second-order valence-electron chi connectivity index (χ2n) is 3.73.